The van der Waals surface area contributed by atoms with E-state index in [0.29, 0.717) is 12.1 Å². The molecular weight excluding hydrogens is 211 g/mol. The van der Waals surface area contributed by atoms with Crippen molar-refractivity contribution in [1.29, 1.82) is 0 Å². The van der Waals surface area contributed by atoms with E-state index in [1.165, 1.54) is 27.1 Å². The lowest BCUT2D eigenvalue weighted by Crippen LogP contribution is -2.17. The Morgan fingerprint density at radius 3 is 2.00 bits per heavy atom. The summed E-state index contributed by atoms with van der Waals surface area (Å²) in [7, 11) is 0.135. The molecule has 1 aliphatic rings. The molecule has 0 N–H and O–H groups in total. The largest absolute Gasteiger partial charge is 0.330 e. The van der Waals surface area contributed by atoms with E-state index in [-0.39, 0.29) is 0 Å². The first kappa shape index (κ1) is 13.2. The van der Waals surface area contributed by atoms with Crippen molar-refractivity contribution in [1.82, 2.24) is 0 Å². The third-order valence-corrected chi connectivity index (χ3v) is 5.49. The van der Waals surface area contributed by atoms with Gasteiger partial charge in [-0.3, -0.25) is 4.57 Å². The van der Waals surface area contributed by atoms with Crippen molar-refractivity contribution in [2.24, 2.45) is 11.8 Å². The van der Waals surface area contributed by atoms with Crippen LogP contribution in [0.15, 0.2) is 0 Å². The summed E-state index contributed by atoms with van der Waals surface area (Å²) < 4.78 is 21.8. The minimum Gasteiger partial charge on any atom is -0.312 e. The third-order valence-electron chi connectivity index (χ3n) is 3.41. The molecule has 0 aromatic heterocycles. The second-order valence-corrected chi connectivity index (χ2v) is 6.65. The Labute approximate surface area is 93.1 Å². The van der Waals surface area contributed by atoms with Gasteiger partial charge >= 0.3 is 7.60 Å². The summed E-state index contributed by atoms with van der Waals surface area (Å²) >= 11 is 0. The lowest BCUT2D eigenvalue weighted by atomic mass is 9.82. The molecular formula is C11H22O3P. The highest BCUT2D eigenvalue weighted by atomic mass is 31.2. The van der Waals surface area contributed by atoms with Crippen LogP contribution in [0.4, 0.5) is 0 Å². The van der Waals surface area contributed by atoms with Crippen LogP contribution in [0.5, 0.6) is 0 Å². The zero-order valence-corrected chi connectivity index (χ0v) is 10.7. The molecule has 1 aliphatic carbocycles. The maximum absolute atomic E-state index is 11.9. The highest BCUT2D eigenvalue weighted by molar-refractivity contribution is 7.53. The first-order chi connectivity index (χ1) is 7.13. The molecule has 15 heavy (non-hydrogen) atoms. The van der Waals surface area contributed by atoms with Crippen LogP contribution in [0.1, 0.15) is 32.1 Å². The van der Waals surface area contributed by atoms with Gasteiger partial charge in [-0.2, -0.15) is 0 Å². The zero-order chi connectivity index (χ0) is 11.3. The predicted octanol–water partition coefficient (Wildman–Crippen LogP) is 3.50. The molecule has 0 atom stereocenters. The normalized spacial score (nSPS) is 27.9. The van der Waals surface area contributed by atoms with Crippen LogP contribution in [0.3, 0.4) is 0 Å². The molecule has 3 nitrogen and oxygen atoms in total. The van der Waals surface area contributed by atoms with Gasteiger partial charge in [0.1, 0.15) is 0 Å². The average Bonchev–Trinajstić information content (AvgIpc) is 2.30. The van der Waals surface area contributed by atoms with Gasteiger partial charge in [0.15, 0.2) is 0 Å². The Balaban J connectivity index is 2.38. The number of hydrogen-bond acceptors (Lipinski definition) is 3. The second kappa shape index (κ2) is 6.03. The maximum atomic E-state index is 11.9. The standard InChI is InChI=1S/C11H22O3P/c1-4-10-5-7-11(8-6-10)9-15(12,13-2)14-3/h10-11H,1,4-9H2,2-3H3. The first-order valence-corrected chi connectivity index (χ1v) is 7.36. The van der Waals surface area contributed by atoms with Crippen LogP contribution in [0.2, 0.25) is 0 Å². The summed E-state index contributed by atoms with van der Waals surface area (Å²) in [4.78, 5) is 0. The Morgan fingerprint density at radius 2 is 1.60 bits per heavy atom. The van der Waals surface area contributed by atoms with Gasteiger partial charge in [-0.05, 0) is 24.7 Å². The summed E-state index contributed by atoms with van der Waals surface area (Å²) in [5.74, 6) is 1.27. The molecule has 0 amide bonds. The Morgan fingerprint density at radius 1 is 1.13 bits per heavy atom. The van der Waals surface area contributed by atoms with Crippen molar-refractivity contribution in [3.8, 4) is 0 Å². The van der Waals surface area contributed by atoms with E-state index in [9.17, 15) is 4.57 Å². The summed E-state index contributed by atoms with van der Waals surface area (Å²) in [6.07, 6.45) is 6.29. The molecule has 1 saturated carbocycles. The Kier molecular flexibility index (Phi) is 5.31. The van der Waals surface area contributed by atoms with Gasteiger partial charge < -0.3 is 9.05 Å². The summed E-state index contributed by atoms with van der Waals surface area (Å²) in [6.45, 7) is 3.94. The molecule has 1 radical (unpaired) electrons. The topological polar surface area (TPSA) is 35.5 Å². The minimum absolute atomic E-state index is 0.499. The third kappa shape index (κ3) is 3.90. The second-order valence-electron chi connectivity index (χ2n) is 4.33. The fourth-order valence-corrected chi connectivity index (χ4v) is 3.69. The average molecular weight is 233 g/mol. The van der Waals surface area contributed by atoms with Crippen LogP contribution in [-0.4, -0.2) is 20.4 Å². The van der Waals surface area contributed by atoms with Crippen molar-refractivity contribution in [2.45, 2.75) is 32.1 Å². The van der Waals surface area contributed by atoms with E-state index in [1.54, 1.807) is 0 Å². The fourth-order valence-electron chi connectivity index (χ4n) is 2.24. The van der Waals surface area contributed by atoms with E-state index in [0.717, 1.165) is 25.2 Å². The van der Waals surface area contributed by atoms with Crippen LogP contribution in [0.25, 0.3) is 0 Å². The Hall–Kier alpha value is 0.150. The fraction of sp³-hybridized carbons (Fsp3) is 0.909. The van der Waals surface area contributed by atoms with Crippen LogP contribution < -0.4 is 0 Å². The van der Waals surface area contributed by atoms with Crippen molar-refractivity contribution >= 4 is 7.60 Å². The van der Waals surface area contributed by atoms with E-state index >= 15 is 0 Å². The summed E-state index contributed by atoms with van der Waals surface area (Å²) in [5, 5.41) is 0. The molecule has 1 rings (SSSR count). The predicted molar refractivity (Wildman–Crippen MR) is 61.9 cm³/mol. The SMILES string of the molecule is [CH2]CC1CCC(CP(=O)(OC)OC)CC1. The Bertz CT molecular complexity index is 214. The van der Waals surface area contributed by atoms with E-state index < -0.39 is 7.60 Å². The van der Waals surface area contributed by atoms with Gasteiger partial charge in [0, 0.05) is 14.2 Å². The molecule has 0 bridgehead atoms. The van der Waals surface area contributed by atoms with E-state index in [4.69, 9.17) is 9.05 Å². The van der Waals surface area contributed by atoms with Gasteiger partial charge in [0.25, 0.3) is 0 Å². The molecule has 0 aliphatic heterocycles. The molecule has 89 valence electrons. The molecule has 0 spiro atoms. The molecule has 4 heteroatoms. The smallest absolute Gasteiger partial charge is 0.312 e. The molecule has 0 aromatic carbocycles. The molecule has 0 saturated heterocycles. The van der Waals surface area contributed by atoms with E-state index in [1.807, 2.05) is 0 Å². The first-order valence-electron chi connectivity index (χ1n) is 5.63. The lowest BCUT2D eigenvalue weighted by Gasteiger charge is -2.29. The zero-order valence-electron chi connectivity index (χ0n) is 9.78. The van der Waals surface area contributed by atoms with Gasteiger partial charge in [0.05, 0.1) is 6.16 Å². The highest BCUT2D eigenvalue weighted by Gasteiger charge is 2.29. The molecule has 0 aromatic rings. The minimum atomic E-state index is -2.79. The van der Waals surface area contributed by atoms with Gasteiger partial charge in [-0.15, -0.1) is 0 Å². The van der Waals surface area contributed by atoms with Gasteiger partial charge in [0.2, 0.25) is 0 Å². The van der Waals surface area contributed by atoms with Crippen LogP contribution in [0, 0.1) is 18.8 Å². The van der Waals surface area contributed by atoms with Crippen molar-refractivity contribution < 1.29 is 13.6 Å². The maximum Gasteiger partial charge on any atom is 0.330 e. The van der Waals surface area contributed by atoms with Crippen molar-refractivity contribution in [2.75, 3.05) is 20.4 Å². The highest BCUT2D eigenvalue weighted by Crippen LogP contribution is 2.50. The molecule has 0 unspecified atom stereocenters. The van der Waals surface area contributed by atoms with Gasteiger partial charge in [-0.1, -0.05) is 26.2 Å². The van der Waals surface area contributed by atoms with Crippen molar-refractivity contribution in [3.63, 3.8) is 0 Å². The summed E-state index contributed by atoms with van der Waals surface area (Å²) in [5.41, 5.74) is 0. The van der Waals surface area contributed by atoms with Crippen LogP contribution in [-0.2, 0) is 13.6 Å². The monoisotopic (exact) mass is 233 g/mol. The molecule has 1 fully saturated rings. The molecule has 0 heterocycles. The number of hydrogen-bond donors (Lipinski definition) is 0. The van der Waals surface area contributed by atoms with E-state index in [2.05, 4.69) is 6.92 Å². The lowest BCUT2D eigenvalue weighted by molar-refractivity contribution is 0.247. The quantitative estimate of drug-likeness (QED) is 0.682. The van der Waals surface area contributed by atoms with Crippen molar-refractivity contribution in [3.05, 3.63) is 6.92 Å². The van der Waals surface area contributed by atoms with Crippen LogP contribution >= 0.6 is 7.60 Å². The van der Waals surface area contributed by atoms with Gasteiger partial charge in [-0.25, -0.2) is 0 Å². The summed E-state index contributed by atoms with van der Waals surface area (Å²) in [6, 6.07) is 0. The number of rotatable bonds is 5.